The van der Waals surface area contributed by atoms with Crippen LogP contribution in [-0.4, -0.2) is 28.7 Å². The lowest BCUT2D eigenvalue weighted by Gasteiger charge is -2.36. The molecule has 3 aromatic rings. The molecule has 0 fully saturated rings. The molecule has 33 heavy (non-hydrogen) atoms. The summed E-state index contributed by atoms with van der Waals surface area (Å²) in [5.74, 6) is -1.55. The highest BCUT2D eigenvalue weighted by molar-refractivity contribution is 6.30. The number of carbonyl (C=O) groups is 3. The number of fused-ring (bicyclic) bond motifs is 1. The summed E-state index contributed by atoms with van der Waals surface area (Å²) >= 11 is 5.86. The molecule has 0 radical (unpaired) electrons. The maximum absolute atomic E-state index is 13.4. The minimum absolute atomic E-state index is 0.146. The Labute approximate surface area is 193 Å². The molecular weight excluding hydrogens is 448 g/mol. The van der Waals surface area contributed by atoms with Gasteiger partial charge in [0.25, 0.3) is 11.6 Å². The van der Waals surface area contributed by atoms with E-state index in [-0.39, 0.29) is 17.7 Å². The Hall–Kier alpha value is -4.24. The number of carbonyl (C=O) groups excluding carboxylic acids is 3. The maximum atomic E-state index is 13.4. The maximum Gasteiger partial charge on any atom is 0.269 e. The summed E-state index contributed by atoms with van der Waals surface area (Å²) in [6.45, 7) is 0. The standard InChI is InChI=1S/C23H17ClN4O5/c24-15-7-9-16(10-8-15)25-21(29)13-20-22(30)26-18-3-1-2-4-19(18)27(20)23(31)14-5-11-17(12-6-14)28(32)33/h1-12,20H,13H2,(H,25,29)(H,26,30). The van der Waals surface area contributed by atoms with Crippen molar-refractivity contribution in [2.24, 2.45) is 0 Å². The average Bonchev–Trinajstić information content (AvgIpc) is 2.80. The molecule has 2 N–H and O–H groups in total. The highest BCUT2D eigenvalue weighted by Gasteiger charge is 2.38. The number of rotatable bonds is 5. The quantitative estimate of drug-likeness (QED) is 0.432. The molecule has 166 valence electrons. The Morgan fingerprint density at radius 2 is 1.70 bits per heavy atom. The number of benzene rings is 3. The molecule has 0 aliphatic carbocycles. The Kier molecular flexibility index (Phi) is 6.05. The first kappa shape index (κ1) is 22.0. The fourth-order valence-electron chi connectivity index (χ4n) is 3.51. The largest absolute Gasteiger partial charge is 0.326 e. The van der Waals surface area contributed by atoms with E-state index in [2.05, 4.69) is 10.6 Å². The van der Waals surface area contributed by atoms with Gasteiger partial charge in [0.2, 0.25) is 11.8 Å². The first-order chi connectivity index (χ1) is 15.8. The molecule has 3 aromatic carbocycles. The predicted octanol–water partition coefficient (Wildman–Crippen LogP) is 4.24. The van der Waals surface area contributed by atoms with Gasteiger partial charge in [-0.05, 0) is 48.5 Å². The van der Waals surface area contributed by atoms with Gasteiger partial charge in [-0.25, -0.2) is 0 Å². The molecule has 1 aliphatic rings. The summed E-state index contributed by atoms with van der Waals surface area (Å²) < 4.78 is 0. The molecular formula is C23H17ClN4O5. The van der Waals surface area contributed by atoms with Crippen LogP contribution in [0, 0.1) is 10.1 Å². The van der Waals surface area contributed by atoms with Gasteiger partial charge in [0.1, 0.15) is 6.04 Å². The lowest BCUT2D eigenvalue weighted by atomic mass is 10.0. The Balaban J connectivity index is 1.64. The zero-order valence-corrected chi connectivity index (χ0v) is 17.8. The predicted molar refractivity (Wildman–Crippen MR) is 123 cm³/mol. The number of halogens is 1. The Bertz CT molecular complexity index is 1240. The van der Waals surface area contributed by atoms with Gasteiger partial charge in [0.05, 0.1) is 22.7 Å². The molecule has 0 spiro atoms. The van der Waals surface area contributed by atoms with E-state index < -0.39 is 28.7 Å². The lowest BCUT2D eigenvalue weighted by molar-refractivity contribution is -0.384. The molecule has 0 aromatic heterocycles. The normalized spacial score (nSPS) is 14.8. The van der Waals surface area contributed by atoms with Crippen LogP contribution in [0.1, 0.15) is 16.8 Å². The van der Waals surface area contributed by atoms with Crippen molar-refractivity contribution >= 4 is 52.1 Å². The summed E-state index contributed by atoms with van der Waals surface area (Å²) in [6.07, 6.45) is -0.304. The highest BCUT2D eigenvalue weighted by Crippen LogP contribution is 2.34. The van der Waals surface area contributed by atoms with Crippen LogP contribution in [0.4, 0.5) is 22.7 Å². The SMILES string of the molecule is O=C(CC1C(=O)Nc2ccccc2N1C(=O)c1ccc([N+](=O)[O-])cc1)Nc1ccc(Cl)cc1. The van der Waals surface area contributed by atoms with E-state index in [9.17, 15) is 24.5 Å². The molecule has 4 rings (SSSR count). The number of non-ortho nitro benzene ring substituents is 1. The Morgan fingerprint density at radius 3 is 2.36 bits per heavy atom. The second-order valence-electron chi connectivity index (χ2n) is 7.26. The third kappa shape index (κ3) is 4.68. The van der Waals surface area contributed by atoms with Crippen LogP contribution in [0.25, 0.3) is 0 Å². The van der Waals surface area contributed by atoms with Crippen molar-refractivity contribution in [1.82, 2.24) is 0 Å². The smallest absolute Gasteiger partial charge is 0.269 e. The van der Waals surface area contributed by atoms with E-state index in [4.69, 9.17) is 11.6 Å². The summed E-state index contributed by atoms with van der Waals surface area (Å²) in [5.41, 5.74) is 1.32. The average molecular weight is 465 g/mol. The van der Waals surface area contributed by atoms with E-state index in [1.807, 2.05) is 0 Å². The first-order valence-corrected chi connectivity index (χ1v) is 10.2. The van der Waals surface area contributed by atoms with Crippen LogP contribution >= 0.6 is 11.6 Å². The molecule has 0 saturated heterocycles. The number of hydrogen-bond donors (Lipinski definition) is 2. The van der Waals surface area contributed by atoms with Gasteiger partial charge in [-0.1, -0.05) is 23.7 Å². The fourth-order valence-corrected chi connectivity index (χ4v) is 3.64. The van der Waals surface area contributed by atoms with Gasteiger partial charge in [0, 0.05) is 28.4 Å². The number of nitrogens with one attached hydrogen (secondary N) is 2. The van der Waals surface area contributed by atoms with Crippen molar-refractivity contribution in [2.45, 2.75) is 12.5 Å². The molecule has 3 amide bonds. The van der Waals surface area contributed by atoms with Crippen LogP contribution < -0.4 is 15.5 Å². The van der Waals surface area contributed by atoms with Crippen molar-refractivity contribution in [3.8, 4) is 0 Å². The Morgan fingerprint density at radius 1 is 1.03 bits per heavy atom. The van der Waals surface area contributed by atoms with Crippen LogP contribution in [0.5, 0.6) is 0 Å². The molecule has 1 atom stereocenters. The summed E-state index contributed by atoms with van der Waals surface area (Å²) in [6, 6.07) is 17.1. The molecule has 1 aliphatic heterocycles. The van der Waals surface area contributed by atoms with E-state index in [1.165, 1.54) is 29.2 Å². The summed E-state index contributed by atoms with van der Waals surface area (Å²) in [5, 5.41) is 16.9. The second kappa shape index (κ2) is 9.09. The number of anilines is 3. The lowest BCUT2D eigenvalue weighted by Crippen LogP contribution is -2.52. The monoisotopic (exact) mass is 464 g/mol. The zero-order valence-electron chi connectivity index (χ0n) is 17.0. The fraction of sp³-hybridized carbons (Fsp3) is 0.0870. The van der Waals surface area contributed by atoms with Gasteiger partial charge in [-0.2, -0.15) is 0 Å². The topological polar surface area (TPSA) is 122 Å². The van der Waals surface area contributed by atoms with Gasteiger partial charge >= 0.3 is 0 Å². The van der Waals surface area contributed by atoms with Crippen LogP contribution in [0.3, 0.4) is 0 Å². The van der Waals surface area contributed by atoms with Crippen LogP contribution in [0.2, 0.25) is 5.02 Å². The van der Waals surface area contributed by atoms with E-state index >= 15 is 0 Å². The molecule has 10 heteroatoms. The van der Waals surface area contributed by atoms with Crippen molar-refractivity contribution in [3.63, 3.8) is 0 Å². The van der Waals surface area contributed by atoms with Crippen LogP contribution in [-0.2, 0) is 9.59 Å². The molecule has 0 saturated carbocycles. The van der Waals surface area contributed by atoms with Crippen molar-refractivity contribution < 1.29 is 19.3 Å². The van der Waals surface area contributed by atoms with Gasteiger partial charge in [0.15, 0.2) is 0 Å². The third-order valence-electron chi connectivity index (χ3n) is 5.09. The van der Waals surface area contributed by atoms with Crippen molar-refractivity contribution in [2.75, 3.05) is 15.5 Å². The van der Waals surface area contributed by atoms with Gasteiger partial charge < -0.3 is 10.6 Å². The number of para-hydroxylation sites is 2. The van der Waals surface area contributed by atoms with Crippen molar-refractivity contribution in [3.05, 3.63) is 93.5 Å². The first-order valence-electron chi connectivity index (χ1n) is 9.87. The van der Waals surface area contributed by atoms with Gasteiger partial charge in [-0.15, -0.1) is 0 Å². The third-order valence-corrected chi connectivity index (χ3v) is 5.34. The summed E-state index contributed by atoms with van der Waals surface area (Å²) in [4.78, 5) is 50.6. The van der Waals surface area contributed by atoms with E-state index in [0.717, 1.165) is 0 Å². The zero-order chi connectivity index (χ0) is 23.5. The minimum atomic E-state index is -1.13. The molecule has 9 nitrogen and oxygen atoms in total. The number of nitro benzene ring substituents is 1. The van der Waals surface area contributed by atoms with Crippen molar-refractivity contribution in [1.29, 1.82) is 0 Å². The van der Waals surface area contributed by atoms with E-state index in [1.54, 1.807) is 48.5 Å². The van der Waals surface area contributed by atoms with E-state index in [0.29, 0.717) is 22.1 Å². The van der Waals surface area contributed by atoms with Crippen LogP contribution in [0.15, 0.2) is 72.8 Å². The molecule has 0 bridgehead atoms. The number of hydrogen-bond acceptors (Lipinski definition) is 5. The second-order valence-corrected chi connectivity index (χ2v) is 7.70. The minimum Gasteiger partial charge on any atom is -0.326 e. The van der Waals surface area contributed by atoms with Gasteiger partial charge in [-0.3, -0.25) is 29.4 Å². The number of nitro groups is 1. The summed E-state index contributed by atoms with van der Waals surface area (Å²) in [7, 11) is 0. The molecule has 1 unspecified atom stereocenters. The highest BCUT2D eigenvalue weighted by atomic mass is 35.5. The number of nitrogens with zero attached hydrogens (tertiary/aromatic N) is 2. The number of amides is 3. The molecule has 1 heterocycles.